The van der Waals surface area contributed by atoms with Gasteiger partial charge in [-0.3, -0.25) is 9.88 Å². The molecule has 1 atom stereocenters. The lowest BCUT2D eigenvalue weighted by atomic mass is 10.1. The van der Waals surface area contributed by atoms with Crippen molar-refractivity contribution in [2.75, 3.05) is 4.90 Å². The van der Waals surface area contributed by atoms with E-state index in [0.29, 0.717) is 10.5 Å². The lowest BCUT2D eigenvalue weighted by molar-refractivity contribution is 0.253. The number of amides is 2. The Labute approximate surface area is 144 Å². The van der Waals surface area contributed by atoms with Gasteiger partial charge in [-0.2, -0.15) is 5.26 Å². The van der Waals surface area contributed by atoms with Gasteiger partial charge in [-0.1, -0.05) is 35.0 Å². The maximum Gasteiger partial charge on any atom is 0.320 e. The third-order valence-electron chi connectivity index (χ3n) is 3.18. The average molecular weight is 368 g/mol. The van der Waals surface area contributed by atoms with Gasteiger partial charge < -0.3 is 5.73 Å². The zero-order chi connectivity index (χ0) is 16.7. The van der Waals surface area contributed by atoms with E-state index in [1.54, 1.807) is 0 Å². The smallest absolute Gasteiger partial charge is 0.320 e. The number of nitrogens with zero attached hydrogens (tertiary/aromatic N) is 3. The van der Waals surface area contributed by atoms with Crippen molar-refractivity contribution in [1.82, 2.24) is 4.98 Å². The van der Waals surface area contributed by atoms with E-state index in [9.17, 15) is 9.18 Å². The normalized spacial score (nSPS) is 16.1. The van der Waals surface area contributed by atoms with Crippen LogP contribution in [0.4, 0.5) is 14.9 Å². The highest BCUT2D eigenvalue weighted by Crippen LogP contribution is 2.54. The number of nitriles is 1. The van der Waals surface area contributed by atoms with Crippen LogP contribution in [0.15, 0.2) is 23.2 Å². The molecule has 23 heavy (non-hydrogen) atoms. The molecule has 9 heteroatoms. The summed E-state index contributed by atoms with van der Waals surface area (Å²) in [4.78, 5) is 16.9. The SMILES string of the molecule is N#Cc1cc(Cl)c(C2Sc3[c]ncc(F)c3N2C(N)=O)c(Cl)c1. The van der Waals surface area contributed by atoms with E-state index in [-0.39, 0.29) is 21.3 Å². The van der Waals surface area contributed by atoms with Crippen molar-refractivity contribution >= 4 is 46.7 Å². The third kappa shape index (κ3) is 2.59. The number of aromatic nitrogens is 1. The fourth-order valence-electron chi connectivity index (χ4n) is 2.26. The number of thioether (sulfide) groups is 1. The average Bonchev–Trinajstić information content (AvgIpc) is 2.87. The number of carbonyl (C=O) groups is 1. The molecule has 2 aromatic rings. The van der Waals surface area contributed by atoms with Crippen LogP contribution in [0.2, 0.25) is 10.0 Å². The molecule has 1 aliphatic rings. The van der Waals surface area contributed by atoms with Crippen LogP contribution in [0.25, 0.3) is 0 Å². The first-order valence-electron chi connectivity index (χ1n) is 6.14. The Morgan fingerprint density at radius 2 is 2.13 bits per heavy atom. The molecule has 1 radical (unpaired) electrons. The Morgan fingerprint density at radius 3 is 2.70 bits per heavy atom. The van der Waals surface area contributed by atoms with E-state index < -0.39 is 17.2 Å². The molecule has 2 N–H and O–H groups in total. The first-order valence-corrected chi connectivity index (χ1v) is 7.78. The van der Waals surface area contributed by atoms with Crippen LogP contribution in [0, 0.1) is 23.3 Å². The van der Waals surface area contributed by atoms with Gasteiger partial charge >= 0.3 is 6.03 Å². The number of halogens is 3. The molecule has 2 amide bonds. The fourth-order valence-corrected chi connectivity index (χ4v) is 4.40. The highest BCUT2D eigenvalue weighted by Gasteiger charge is 2.39. The minimum Gasteiger partial charge on any atom is -0.351 e. The lowest BCUT2D eigenvalue weighted by Crippen LogP contribution is -2.36. The molecule has 3 rings (SSSR count). The Morgan fingerprint density at radius 1 is 1.48 bits per heavy atom. The maximum absolute atomic E-state index is 14.1. The summed E-state index contributed by atoms with van der Waals surface area (Å²) in [7, 11) is 0. The second kappa shape index (κ2) is 5.89. The summed E-state index contributed by atoms with van der Waals surface area (Å²) in [5.74, 6) is -0.701. The van der Waals surface area contributed by atoms with Crippen molar-refractivity contribution in [2.45, 2.75) is 10.3 Å². The standard InChI is InChI=1S/C14H6Cl2FN4OS/c15-7-1-6(3-18)2-8(16)11(7)13-21(14(19)22)12-9(17)4-20-5-10(12)23-13/h1-2,4,13H,(H2,19,22). The molecule has 2 heterocycles. The van der Waals surface area contributed by atoms with Crippen molar-refractivity contribution in [3.05, 3.63) is 51.5 Å². The third-order valence-corrected chi connectivity index (χ3v) is 5.00. The van der Waals surface area contributed by atoms with Gasteiger partial charge in [-0.05, 0) is 12.1 Å². The number of anilines is 1. The summed E-state index contributed by atoms with van der Waals surface area (Å²) >= 11 is 13.5. The number of pyridine rings is 1. The second-order valence-corrected chi connectivity index (χ2v) is 6.44. The van der Waals surface area contributed by atoms with E-state index in [1.165, 1.54) is 12.1 Å². The molecule has 5 nitrogen and oxygen atoms in total. The first-order chi connectivity index (χ1) is 10.9. The number of hydrogen-bond donors (Lipinski definition) is 1. The minimum absolute atomic E-state index is 0.0148. The number of carbonyl (C=O) groups excluding carboxylic acids is 1. The lowest BCUT2D eigenvalue weighted by Gasteiger charge is -2.24. The number of benzene rings is 1. The predicted molar refractivity (Wildman–Crippen MR) is 84.9 cm³/mol. The number of nitrogens with two attached hydrogens (primary N) is 1. The Balaban J connectivity index is 2.17. The molecule has 0 fully saturated rings. The number of urea groups is 1. The van der Waals surface area contributed by atoms with Crippen LogP contribution in [0.3, 0.4) is 0 Å². The van der Waals surface area contributed by atoms with E-state index in [1.807, 2.05) is 6.07 Å². The van der Waals surface area contributed by atoms with E-state index >= 15 is 0 Å². The molecular formula is C14H6Cl2FN4OS. The van der Waals surface area contributed by atoms with Crippen LogP contribution in [0.5, 0.6) is 0 Å². The first kappa shape index (κ1) is 15.9. The van der Waals surface area contributed by atoms with Crippen LogP contribution in [-0.4, -0.2) is 11.0 Å². The number of hydrogen-bond acceptors (Lipinski definition) is 4. The number of rotatable bonds is 1. The molecule has 1 aromatic carbocycles. The minimum atomic E-state index is -0.865. The zero-order valence-corrected chi connectivity index (χ0v) is 13.5. The molecule has 0 saturated carbocycles. The van der Waals surface area contributed by atoms with Crippen LogP contribution in [-0.2, 0) is 0 Å². The number of primary amides is 1. The fraction of sp³-hybridized carbons (Fsp3) is 0.0714. The molecular weight excluding hydrogens is 362 g/mol. The number of fused-ring (bicyclic) bond motifs is 1. The molecule has 115 valence electrons. The monoisotopic (exact) mass is 367 g/mol. The molecule has 0 aliphatic carbocycles. The van der Waals surface area contributed by atoms with Crippen LogP contribution < -0.4 is 10.6 Å². The summed E-state index contributed by atoms with van der Waals surface area (Å²) in [5.41, 5.74) is 6.02. The van der Waals surface area contributed by atoms with Crippen LogP contribution >= 0.6 is 35.0 Å². The highest BCUT2D eigenvalue weighted by atomic mass is 35.5. The molecule has 1 aromatic heterocycles. The molecule has 0 spiro atoms. The summed E-state index contributed by atoms with van der Waals surface area (Å²) in [5, 5.41) is 8.53. The van der Waals surface area contributed by atoms with Crippen molar-refractivity contribution in [3.63, 3.8) is 0 Å². The summed E-state index contributed by atoms with van der Waals surface area (Å²) in [6.45, 7) is 0. The maximum atomic E-state index is 14.1. The molecule has 0 bridgehead atoms. The summed E-state index contributed by atoms with van der Waals surface area (Å²) in [6.07, 6.45) is 3.56. The van der Waals surface area contributed by atoms with E-state index in [2.05, 4.69) is 11.2 Å². The van der Waals surface area contributed by atoms with Gasteiger partial charge in [-0.25, -0.2) is 9.18 Å². The molecule has 1 unspecified atom stereocenters. The second-order valence-electron chi connectivity index (χ2n) is 4.54. The van der Waals surface area contributed by atoms with Gasteiger partial charge in [0, 0.05) is 15.6 Å². The van der Waals surface area contributed by atoms with Gasteiger partial charge in [0.1, 0.15) is 17.3 Å². The topological polar surface area (TPSA) is 83.0 Å². The molecule has 0 saturated heterocycles. The van der Waals surface area contributed by atoms with E-state index in [0.717, 1.165) is 22.9 Å². The van der Waals surface area contributed by atoms with Gasteiger partial charge in [0.05, 0.1) is 22.7 Å². The Kier molecular flexibility index (Phi) is 4.06. The summed E-state index contributed by atoms with van der Waals surface area (Å²) < 4.78 is 14.1. The Bertz CT molecular complexity index is 847. The molecule has 1 aliphatic heterocycles. The highest BCUT2D eigenvalue weighted by molar-refractivity contribution is 8.00. The quantitative estimate of drug-likeness (QED) is 0.828. The van der Waals surface area contributed by atoms with E-state index in [4.69, 9.17) is 34.2 Å². The van der Waals surface area contributed by atoms with Gasteiger partial charge in [0.15, 0.2) is 5.82 Å². The van der Waals surface area contributed by atoms with Gasteiger partial charge in [0.2, 0.25) is 0 Å². The van der Waals surface area contributed by atoms with Crippen molar-refractivity contribution < 1.29 is 9.18 Å². The van der Waals surface area contributed by atoms with Gasteiger partial charge in [-0.15, -0.1) is 0 Å². The van der Waals surface area contributed by atoms with Crippen LogP contribution in [0.1, 0.15) is 16.5 Å². The summed E-state index contributed by atoms with van der Waals surface area (Å²) in [6, 6.07) is 3.91. The largest absolute Gasteiger partial charge is 0.351 e. The van der Waals surface area contributed by atoms with Crippen molar-refractivity contribution in [2.24, 2.45) is 5.73 Å². The zero-order valence-electron chi connectivity index (χ0n) is 11.2. The predicted octanol–water partition coefficient (Wildman–Crippen LogP) is 3.89. The van der Waals surface area contributed by atoms with Gasteiger partial charge in [0.25, 0.3) is 0 Å². The van der Waals surface area contributed by atoms with Crippen molar-refractivity contribution in [1.29, 1.82) is 5.26 Å². The van der Waals surface area contributed by atoms with Crippen molar-refractivity contribution in [3.8, 4) is 6.07 Å². The Hall–Kier alpha value is -2.01.